The van der Waals surface area contributed by atoms with Gasteiger partial charge in [-0.3, -0.25) is 0 Å². The van der Waals surface area contributed by atoms with Gasteiger partial charge in [0.2, 0.25) is 0 Å². The molecular formula is C8H4BrClFN. The van der Waals surface area contributed by atoms with Gasteiger partial charge in [0.1, 0.15) is 5.69 Å². The molecule has 1 aromatic rings. The Balaban J connectivity index is 3.01. The molecule has 0 unspecified atom stereocenters. The van der Waals surface area contributed by atoms with Crippen molar-refractivity contribution in [1.82, 2.24) is 4.98 Å². The third-order valence-electron chi connectivity index (χ3n) is 1.08. The molecule has 0 saturated heterocycles. The Morgan fingerprint density at radius 3 is 3.00 bits per heavy atom. The van der Waals surface area contributed by atoms with E-state index in [2.05, 4.69) is 32.8 Å². The average molecular weight is 248 g/mol. The third-order valence-corrected chi connectivity index (χ3v) is 1.57. The van der Waals surface area contributed by atoms with E-state index in [0.717, 1.165) is 0 Å². The minimum atomic E-state index is -0.490. The number of nitrogens with zero attached hydrogens (tertiary/aromatic N) is 1. The Morgan fingerprint density at radius 1 is 1.67 bits per heavy atom. The van der Waals surface area contributed by atoms with E-state index in [4.69, 9.17) is 11.6 Å². The molecule has 4 heteroatoms. The molecule has 1 aromatic heterocycles. The van der Waals surface area contributed by atoms with Crippen LogP contribution in [0.3, 0.4) is 0 Å². The predicted molar refractivity (Wildman–Crippen MR) is 49.9 cm³/mol. The SMILES string of the molecule is Fc1cc(Cl)cnc1C#CCBr. The summed E-state index contributed by atoms with van der Waals surface area (Å²) >= 11 is 8.59. The summed E-state index contributed by atoms with van der Waals surface area (Å²) in [6, 6.07) is 1.19. The number of alkyl halides is 1. The van der Waals surface area contributed by atoms with Crippen LogP contribution in [-0.4, -0.2) is 10.3 Å². The standard InChI is InChI=1S/C8H4BrClFN/c9-3-1-2-8-7(11)4-6(10)5-12-8/h4-5H,3H2. The highest BCUT2D eigenvalue weighted by molar-refractivity contribution is 9.09. The first-order chi connectivity index (χ1) is 5.74. The molecule has 0 saturated carbocycles. The zero-order valence-electron chi connectivity index (χ0n) is 5.94. The summed E-state index contributed by atoms with van der Waals surface area (Å²) in [7, 11) is 0. The smallest absolute Gasteiger partial charge is 0.158 e. The summed E-state index contributed by atoms with van der Waals surface area (Å²) in [6.07, 6.45) is 1.36. The van der Waals surface area contributed by atoms with Gasteiger partial charge in [-0.1, -0.05) is 33.5 Å². The second-order valence-corrected chi connectivity index (χ2v) is 2.92. The van der Waals surface area contributed by atoms with Gasteiger partial charge >= 0.3 is 0 Å². The van der Waals surface area contributed by atoms with E-state index in [1.165, 1.54) is 12.3 Å². The maximum absolute atomic E-state index is 12.9. The normalized spacial score (nSPS) is 8.92. The quantitative estimate of drug-likeness (QED) is 0.508. The van der Waals surface area contributed by atoms with E-state index in [1.54, 1.807) is 0 Å². The first-order valence-corrected chi connectivity index (χ1v) is 4.60. The number of hydrogen-bond acceptors (Lipinski definition) is 1. The molecule has 0 atom stereocenters. The van der Waals surface area contributed by atoms with E-state index < -0.39 is 5.82 Å². The lowest BCUT2D eigenvalue weighted by molar-refractivity contribution is 0.617. The highest BCUT2D eigenvalue weighted by atomic mass is 79.9. The fourth-order valence-electron chi connectivity index (χ4n) is 0.624. The van der Waals surface area contributed by atoms with Crippen molar-refractivity contribution in [2.45, 2.75) is 0 Å². The number of hydrogen-bond donors (Lipinski definition) is 0. The molecule has 0 N–H and O–H groups in total. The molecule has 0 radical (unpaired) electrons. The molecule has 0 aliphatic rings. The van der Waals surface area contributed by atoms with Crippen LogP contribution in [0.5, 0.6) is 0 Å². The maximum Gasteiger partial charge on any atom is 0.158 e. The van der Waals surface area contributed by atoms with Gasteiger partial charge in [-0.2, -0.15) is 0 Å². The maximum atomic E-state index is 12.9. The lowest BCUT2D eigenvalue weighted by Crippen LogP contribution is -1.88. The fraction of sp³-hybridized carbons (Fsp3) is 0.125. The molecule has 0 aliphatic carbocycles. The van der Waals surface area contributed by atoms with Crippen molar-refractivity contribution in [2.24, 2.45) is 0 Å². The van der Waals surface area contributed by atoms with Crippen molar-refractivity contribution >= 4 is 27.5 Å². The molecule has 0 fully saturated rings. The Hall–Kier alpha value is -0.590. The Bertz CT molecular complexity index is 343. The first kappa shape index (κ1) is 9.50. The van der Waals surface area contributed by atoms with Crippen LogP contribution in [-0.2, 0) is 0 Å². The van der Waals surface area contributed by atoms with Crippen LogP contribution in [0.4, 0.5) is 4.39 Å². The first-order valence-electron chi connectivity index (χ1n) is 3.10. The van der Waals surface area contributed by atoms with Crippen LogP contribution >= 0.6 is 27.5 Å². The number of pyridine rings is 1. The molecule has 0 spiro atoms. The molecule has 1 nitrogen and oxygen atoms in total. The summed E-state index contributed by atoms with van der Waals surface area (Å²) in [5.41, 5.74) is 0.124. The van der Waals surface area contributed by atoms with Gasteiger partial charge in [0.25, 0.3) is 0 Å². The lowest BCUT2D eigenvalue weighted by atomic mass is 10.3. The van der Waals surface area contributed by atoms with E-state index in [9.17, 15) is 4.39 Å². The van der Waals surface area contributed by atoms with Crippen LogP contribution < -0.4 is 0 Å². The molecule has 0 aromatic carbocycles. The largest absolute Gasteiger partial charge is 0.243 e. The summed E-state index contributed by atoms with van der Waals surface area (Å²) in [5.74, 6) is 4.70. The van der Waals surface area contributed by atoms with Crippen molar-refractivity contribution < 1.29 is 4.39 Å². The molecule has 12 heavy (non-hydrogen) atoms. The number of halogens is 3. The molecule has 1 heterocycles. The summed E-state index contributed by atoms with van der Waals surface area (Å²) in [5, 5.41) is 0.772. The van der Waals surface area contributed by atoms with Crippen molar-refractivity contribution in [2.75, 3.05) is 5.33 Å². The molecule has 62 valence electrons. The Labute approximate surface area is 83.1 Å². The fourth-order valence-corrected chi connectivity index (χ4v) is 0.908. The van der Waals surface area contributed by atoms with Gasteiger partial charge in [-0.25, -0.2) is 9.37 Å². The van der Waals surface area contributed by atoms with E-state index in [0.29, 0.717) is 5.33 Å². The second kappa shape index (κ2) is 4.44. The zero-order chi connectivity index (χ0) is 8.97. The van der Waals surface area contributed by atoms with E-state index in [1.807, 2.05) is 0 Å². The van der Waals surface area contributed by atoms with Gasteiger partial charge < -0.3 is 0 Å². The van der Waals surface area contributed by atoms with Crippen LogP contribution in [0.25, 0.3) is 0 Å². The molecule has 0 bridgehead atoms. The summed E-state index contributed by atoms with van der Waals surface area (Å²) in [6.45, 7) is 0. The molecular weight excluding hydrogens is 244 g/mol. The Kier molecular flexibility index (Phi) is 3.51. The van der Waals surface area contributed by atoms with Crippen molar-refractivity contribution in [3.05, 3.63) is 28.8 Å². The third kappa shape index (κ3) is 2.47. The van der Waals surface area contributed by atoms with Gasteiger partial charge in [0, 0.05) is 6.20 Å². The van der Waals surface area contributed by atoms with E-state index >= 15 is 0 Å². The molecule has 1 rings (SSSR count). The van der Waals surface area contributed by atoms with Crippen LogP contribution in [0.15, 0.2) is 12.3 Å². The second-order valence-electron chi connectivity index (χ2n) is 1.92. The minimum absolute atomic E-state index is 0.124. The van der Waals surface area contributed by atoms with Gasteiger partial charge in [0.05, 0.1) is 10.4 Å². The lowest BCUT2D eigenvalue weighted by Gasteiger charge is -1.92. The van der Waals surface area contributed by atoms with Crippen LogP contribution in [0, 0.1) is 17.7 Å². The number of aromatic nitrogens is 1. The summed E-state index contributed by atoms with van der Waals surface area (Å²) < 4.78 is 12.9. The highest BCUT2D eigenvalue weighted by Crippen LogP contribution is 2.10. The highest BCUT2D eigenvalue weighted by Gasteiger charge is 1.99. The predicted octanol–water partition coefficient (Wildman–Crippen LogP) is 2.62. The van der Waals surface area contributed by atoms with Crippen molar-refractivity contribution in [1.29, 1.82) is 0 Å². The molecule has 0 amide bonds. The zero-order valence-corrected chi connectivity index (χ0v) is 8.28. The van der Waals surface area contributed by atoms with E-state index in [-0.39, 0.29) is 10.7 Å². The van der Waals surface area contributed by atoms with Gasteiger partial charge in [-0.05, 0) is 12.0 Å². The average Bonchev–Trinajstić information content (AvgIpc) is 2.03. The summed E-state index contributed by atoms with van der Waals surface area (Å²) in [4.78, 5) is 3.71. The Morgan fingerprint density at radius 2 is 2.42 bits per heavy atom. The van der Waals surface area contributed by atoms with Gasteiger partial charge in [0.15, 0.2) is 5.82 Å². The van der Waals surface area contributed by atoms with Crippen molar-refractivity contribution in [3.63, 3.8) is 0 Å². The monoisotopic (exact) mass is 247 g/mol. The van der Waals surface area contributed by atoms with Gasteiger partial charge in [-0.15, -0.1) is 0 Å². The van der Waals surface area contributed by atoms with Crippen LogP contribution in [0.1, 0.15) is 5.69 Å². The minimum Gasteiger partial charge on any atom is -0.243 e. The topological polar surface area (TPSA) is 12.9 Å². The van der Waals surface area contributed by atoms with Crippen LogP contribution in [0.2, 0.25) is 5.02 Å². The van der Waals surface area contributed by atoms with Crippen molar-refractivity contribution in [3.8, 4) is 11.8 Å². The number of rotatable bonds is 0. The molecule has 0 aliphatic heterocycles.